The maximum Gasteiger partial charge on any atom is 0.419 e. The summed E-state index contributed by atoms with van der Waals surface area (Å²) >= 11 is 10.4. The molecule has 2 rings (SSSR count). The lowest BCUT2D eigenvalue weighted by molar-refractivity contribution is 0.0540. The first-order chi connectivity index (χ1) is 9.67. The molecule has 0 fully saturated rings. The van der Waals surface area contributed by atoms with Crippen LogP contribution in [-0.4, -0.2) is 16.3 Å². The van der Waals surface area contributed by atoms with E-state index in [0.717, 1.165) is 24.7 Å². The highest BCUT2D eigenvalue weighted by Crippen LogP contribution is 2.33. The van der Waals surface area contributed by atoms with Crippen molar-refractivity contribution in [3.8, 4) is 11.3 Å². The zero-order valence-corrected chi connectivity index (χ0v) is 16.5. The first-order valence-electron chi connectivity index (χ1n) is 6.24. The summed E-state index contributed by atoms with van der Waals surface area (Å²) in [6.07, 6.45) is 1.30. The Bertz CT molecular complexity index is 687. The van der Waals surface area contributed by atoms with E-state index in [1.165, 1.54) is 4.57 Å². The minimum absolute atomic E-state index is 0.405. The molecule has 1 aromatic carbocycles. The Morgan fingerprint density at radius 1 is 1.10 bits per heavy atom. The van der Waals surface area contributed by atoms with Crippen LogP contribution in [0.5, 0.6) is 0 Å². The third-order valence-electron chi connectivity index (χ3n) is 2.58. The lowest BCUT2D eigenvalue weighted by Gasteiger charge is -2.20. The van der Waals surface area contributed by atoms with Crippen molar-refractivity contribution >= 4 is 53.9 Å². The topological polar surface area (TPSA) is 31.2 Å². The maximum absolute atomic E-state index is 12.3. The number of ether oxygens (including phenoxy) is 1. The third-order valence-corrected chi connectivity index (χ3v) is 4.17. The number of benzene rings is 1. The molecule has 2 aromatic rings. The molecule has 0 saturated carbocycles. The summed E-state index contributed by atoms with van der Waals surface area (Å²) in [7, 11) is 0. The summed E-state index contributed by atoms with van der Waals surface area (Å²) < 4.78 is 9.62. The molecule has 0 N–H and O–H groups in total. The van der Waals surface area contributed by atoms with Crippen molar-refractivity contribution < 1.29 is 9.53 Å². The van der Waals surface area contributed by atoms with E-state index in [2.05, 4.69) is 47.8 Å². The van der Waals surface area contributed by atoms with Gasteiger partial charge in [-0.15, -0.1) is 0 Å². The molecule has 3 nitrogen and oxygen atoms in total. The minimum atomic E-state index is -0.540. The summed E-state index contributed by atoms with van der Waals surface area (Å²) in [4.78, 5) is 12.3. The van der Waals surface area contributed by atoms with Gasteiger partial charge < -0.3 is 4.74 Å². The van der Waals surface area contributed by atoms with Crippen LogP contribution in [0.3, 0.4) is 0 Å². The molecular formula is C15H14Br3NO2. The Hall–Kier alpha value is -0.590. The molecule has 0 spiro atoms. The maximum atomic E-state index is 12.3. The highest BCUT2D eigenvalue weighted by molar-refractivity contribution is 9.11. The molecule has 0 aliphatic heterocycles. The van der Waals surface area contributed by atoms with E-state index in [-0.39, 0.29) is 0 Å². The van der Waals surface area contributed by atoms with Crippen molar-refractivity contribution in [3.63, 3.8) is 0 Å². The van der Waals surface area contributed by atoms with Gasteiger partial charge in [0.2, 0.25) is 0 Å². The molecule has 1 heterocycles. The van der Waals surface area contributed by atoms with Crippen molar-refractivity contribution in [3.05, 3.63) is 43.9 Å². The van der Waals surface area contributed by atoms with Gasteiger partial charge in [0.05, 0.1) is 5.69 Å². The zero-order valence-electron chi connectivity index (χ0n) is 11.8. The monoisotopic (exact) mass is 477 g/mol. The van der Waals surface area contributed by atoms with Gasteiger partial charge in [-0.2, -0.15) is 0 Å². The van der Waals surface area contributed by atoms with E-state index in [1.54, 1.807) is 6.20 Å². The number of carbonyl (C=O) groups excluding carboxylic acids is 1. The smallest absolute Gasteiger partial charge is 0.419 e. The SMILES string of the molecule is CC(C)(C)OC(=O)n1cc(Br)cc1-c1ccc(Br)cc1Br. The summed E-state index contributed by atoms with van der Waals surface area (Å²) in [6, 6.07) is 7.70. The largest absolute Gasteiger partial charge is 0.443 e. The predicted octanol–water partition coefficient (Wildman–Crippen LogP) is 6.23. The van der Waals surface area contributed by atoms with Crippen molar-refractivity contribution in [2.45, 2.75) is 26.4 Å². The molecule has 0 bridgehead atoms. The Morgan fingerprint density at radius 2 is 1.76 bits per heavy atom. The van der Waals surface area contributed by atoms with Crippen molar-refractivity contribution in [1.82, 2.24) is 4.57 Å². The van der Waals surface area contributed by atoms with Crippen LogP contribution < -0.4 is 0 Å². The zero-order chi connectivity index (χ0) is 15.8. The van der Waals surface area contributed by atoms with Gasteiger partial charge in [-0.25, -0.2) is 4.79 Å². The average Bonchev–Trinajstić information content (AvgIpc) is 2.69. The van der Waals surface area contributed by atoms with Crippen LogP contribution in [-0.2, 0) is 4.74 Å². The molecule has 0 saturated heterocycles. The summed E-state index contributed by atoms with van der Waals surface area (Å²) in [5, 5.41) is 0. The first-order valence-corrected chi connectivity index (χ1v) is 8.62. The van der Waals surface area contributed by atoms with Gasteiger partial charge >= 0.3 is 6.09 Å². The molecule has 0 atom stereocenters. The molecule has 1 aromatic heterocycles. The number of hydrogen-bond donors (Lipinski definition) is 0. The Kier molecular flexibility index (Phi) is 5.00. The van der Waals surface area contributed by atoms with Gasteiger partial charge in [0.25, 0.3) is 0 Å². The van der Waals surface area contributed by atoms with E-state index in [9.17, 15) is 4.79 Å². The van der Waals surface area contributed by atoms with E-state index in [1.807, 2.05) is 45.0 Å². The Morgan fingerprint density at radius 3 is 2.33 bits per heavy atom. The van der Waals surface area contributed by atoms with Crippen LogP contribution in [0.1, 0.15) is 20.8 Å². The van der Waals surface area contributed by atoms with Gasteiger partial charge in [-0.05, 0) is 54.9 Å². The Labute approximate surface area is 149 Å². The highest BCUT2D eigenvalue weighted by Gasteiger charge is 2.21. The summed E-state index contributed by atoms with van der Waals surface area (Å²) in [5.41, 5.74) is 1.13. The molecule has 0 aliphatic rings. The van der Waals surface area contributed by atoms with Gasteiger partial charge in [-0.1, -0.05) is 37.9 Å². The minimum Gasteiger partial charge on any atom is -0.443 e. The number of aromatic nitrogens is 1. The fourth-order valence-electron chi connectivity index (χ4n) is 1.80. The number of carbonyl (C=O) groups is 1. The van der Waals surface area contributed by atoms with Crippen molar-refractivity contribution in [1.29, 1.82) is 0 Å². The molecule has 21 heavy (non-hydrogen) atoms. The van der Waals surface area contributed by atoms with Crippen molar-refractivity contribution in [2.75, 3.05) is 0 Å². The molecular weight excluding hydrogens is 466 g/mol. The number of nitrogens with zero attached hydrogens (tertiary/aromatic N) is 1. The second-order valence-electron chi connectivity index (χ2n) is 5.52. The molecule has 6 heteroatoms. The summed E-state index contributed by atoms with van der Waals surface area (Å²) in [5.74, 6) is 0. The Balaban J connectivity index is 2.48. The third kappa shape index (κ3) is 4.20. The van der Waals surface area contributed by atoms with Crippen LogP contribution in [0.4, 0.5) is 4.79 Å². The van der Waals surface area contributed by atoms with Gasteiger partial charge in [-0.3, -0.25) is 4.57 Å². The average molecular weight is 480 g/mol. The number of halogens is 3. The second-order valence-corrected chi connectivity index (χ2v) is 8.20. The van der Waals surface area contributed by atoms with E-state index in [4.69, 9.17) is 4.74 Å². The van der Waals surface area contributed by atoms with Crippen LogP contribution in [0.15, 0.2) is 43.9 Å². The van der Waals surface area contributed by atoms with Crippen LogP contribution in [0.2, 0.25) is 0 Å². The second kappa shape index (κ2) is 6.26. The summed E-state index contributed by atoms with van der Waals surface area (Å²) in [6.45, 7) is 5.54. The van der Waals surface area contributed by atoms with E-state index >= 15 is 0 Å². The van der Waals surface area contributed by atoms with Crippen LogP contribution in [0.25, 0.3) is 11.3 Å². The normalized spacial score (nSPS) is 11.5. The fourth-order valence-corrected chi connectivity index (χ4v) is 3.47. The molecule has 112 valence electrons. The molecule has 0 radical (unpaired) electrons. The molecule has 0 unspecified atom stereocenters. The van der Waals surface area contributed by atoms with Crippen LogP contribution >= 0.6 is 47.8 Å². The van der Waals surface area contributed by atoms with E-state index < -0.39 is 11.7 Å². The highest BCUT2D eigenvalue weighted by atomic mass is 79.9. The van der Waals surface area contributed by atoms with Gasteiger partial charge in [0.15, 0.2) is 0 Å². The van der Waals surface area contributed by atoms with E-state index in [0.29, 0.717) is 0 Å². The lowest BCUT2D eigenvalue weighted by atomic mass is 10.1. The standard InChI is InChI=1S/C15H14Br3NO2/c1-15(2,3)21-14(20)19-8-10(17)7-13(19)11-5-4-9(16)6-12(11)18/h4-8H,1-3H3. The fraction of sp³-hybridized carbons (Fsp3) is 0.267. The lowest BCUT2D eigenvalue weighted by Crippen LogP contribution is -2.27. The molecule has 0 amide bonds. The van der Waals surface area contributed by atoms with Crippen LogP contribution in [0, 0.1) is 0 Å². The number of hydrogen-bond acceptors (Lipinski definition) is 2. The molecule has 0 aliphatic carbocycles. The first kappa shape index (κ1) is 16.8. The van der Waals surface area contributed by atoms with Gasteiger partial charge in [0.1, 0.15) is 5.60 Å². The quantitative estimate of drug-likeness (QED) is 0.485. The van der Waals surface area contributed by atoms with Gasteiger partial charge in [0, 0.05) is 25.2 Å². The number of rotatable bonds is 1. The predicted molar refractivity (Wildman–Crippen MR) is 94.6 cm³/mol. The van der Waals surface area contributed by atoms with Crippen molar-refractivity contribution in [2.24, 2.45) is 0 Å².